The van der Waals surface area contributed by atoms with E-state index in [2.05, 4.69) is 59.5 Å². The maximum absolute atomic E-state index is 13.4. The maximum Gasteiger partial charge on any atom is 0.227 e. The minimum atomic E-state index is 0.0374. The molecule has 0 saturated heterocycles. The van der Waals surface area contributed by atoms with E-state index in [-0.39, 0.29) is 17.9 Å². The molecule has 0 spiro atoms. The highest BCUT2D eigenvalue weighted by Gasteiger charge is 2.50. The fraction of sp³-hybridized carbons (Fsp3) is 0.435. The number of amides is 1. The molecule has 2 fully saturated rings. The standard InChI is InChI=1S/C23H26N2O/c24-22-17-11-10-16(12-17)21(22)23(26)25-13-18-8-4-5-9-19(18)20(14-25)15-6-2-1-3-7-15/h1-9,16-17,20-22H,10-14,24H2. The smallest absolute Gasteiger partial charge is 0.227 e. The van der Waals surface area contributed by atoms with Crippen LogP contribution in [-0.2, 0) is 11.3 Å². The molecule has 5 atom stereocenters. The van der Waals surface area contributed by atoms with E-state index in [9.17, 15) is 4.79 Å². The van der Waals surface area contributed by atoms with Gasteiger partial charge in [-0.05, 0) is 47.8 Å². The molecule has 1 heterocycles. The summed E-state index contributed by atoms with van der Waals surface area (Å²) in [5.41, 5.74) is 10.4. The molecule has 26 heavy (non-hydrogen) atoms. The molecule has 3 heteroatoms. The van der Waals surface area contributed by atoms with Gasteiger partial charge in [0.2, 0.25) is 5.91 Å². The van der Waals surface area contributed by atoms with Crippen LogP contribution in [-0.4, -0.2) is 23.4 Å². The number of hydrogen-bond acceptors (Lipinski definition) is 2. The van der Waals surface area contributed by atoms with E-state index in [1.165, 1.54) is 29.5 Å². The summed E-state index contributed by atoms with van der Waals surface area (Å²) in [6.45, 7) is 1.49. The molecule has 1 amide bonds. The number of nitrogens with two attached hydrogens (primary N) is 1. The van der Waals surface area contributed by atoms with Crippen molar-refractivity contribution in [3.05, 3.63) is 71.3 Å². The molecule has 134 valence electrons. The lowest BCUT2D eigenvalue weighted by atomic mass is 9.81. The number of rotatable bonds is 2. The van der Waals surface area contributed by atoms with E-state index in [1.54, 1.807) is 0 Å². The zero-order chi connectivity index (χ0) is 17.7. The lowest BCUT2D eigenvalue weighted by molar-refractivity contribution is -0.139. The molecule has 2 aromatic rings. The molecule has 2 bridgehead atoms. The van der Waals surface area contributed by atoms with Gasteiger partial charge < -0.3 is 10.6 Å². The zero-order valence-electron chi connectivity index (χ0n) is 15.1. The first-order valence-corrected chi connectivity index (χ1v) is 9.89. The van der Waals surface area contributed by atoms with E-state index in [4.69, 9.17) is 5.73 Å². The van der Waals surface area contributed by atoms with E-state index >= 15 is 0 Å². The second-order valence-corrected chi connectivity index (χ2v) is 8.32. The van der Waals surface area contributed by atoms with Gasteiger partial charge in [-0.2, -0.15) is 0 Å². The fourth-order valence-electron chi connectivity index (χ4n) is 5.66. The lowest BCUT2D eigenvalue weighted by Crippen LogP contribution is -2.49. The molecule has 2 saturated carbocycles. The van der Waals surface area contributed by atoms with E-state index < -0.39 is 0 Å². The molecular weight excluding hydrogens is 320 g/mol. The predicted molar refractivity (Wildman–Crippen MR) is 102 cm³/mol. The Morgan fingerprint density at radius 1 is 0.962 bits per heavy atom. The Balaban J connectivity index is 1.47. The van der Waals surface area contributed by atoms with Crippen LogP contribution < -0.4 is 5.73 Å². The minimum absolute atomic E-state index is 0.0374. The summed E-state index contributed by atoms with van der Waals surface area (Å²) in [7, 11) is 0. The molecule has 2 aliphatic carbocycles. The topological polar surface area (TPSA) is 46.3 Å². The Hall–Kier alpha value is -2.13. The molecule has 3 nitrogen and oxygen atoms in total. The van der Waals surface area contributed by atoms with Crippen molar-refractivity contribution in [1.29, 1.82) is 0 Å². The summed E-state index contributed by atoms with van der Waals surface area (Å²) in [6.07, 6.45) is 3.55. The molecule has 0 aromatic heterocycles. The van der Waals surface area contributed by atoms with Crippen molar-refractivity contribution < 1.29 is 4.79 Å². The van der Waals surface area contributed by atoms with Crippen molar-refractivity contribution >= 4 is 5.91 Å². The number of nitrogens with zero attached hydrogens (tertiary/aromatic N) is 1. The summed E-state index contributed by atoms with van der Waals surface area (Å²) < 4.78 is 0. The highest BCUT2D eigenvalue weighted by Crippen LogP contribution is 2.48. The Bertz CT molecular complexity index is 816. The highest BCUT2D eigenvalue weighted by molar-refractivity contribution is 5.81. The van der Waals surface area contributed by atoms with Gasteiger partial charge in [0.15, 0.2) is 0 Å². The first-order chi connectivity index (χ1) is 12.7. The van der Waals surface area contributed by atoms with Crippen molar-refractivity contribution in [3.8, 4) is 0 Å². The second-order valence-electron chi connectivity index (χ2n) is 8.32. The van der Waals surface area contributed by atoms with Crippen LogP contribution >= 0.6 is 0 Å². The van der Waals surface area contributed by atoms with Gasteiger partial charge in [0, 0.05) is 25.0 Å². The van der Waals surface area contributed by atoms with E-state index in [0.29, 0.717) is 17.7 Å². The van der Waals surface area contributed by atoms with Gasteiger partial charge in [-0.1, -0.05) is 54.6 Å². The second kappa shape index (κ2) is 6.24. The predicted octanol–water partition coefficient (Wildman–Crippen LogP) is 3.53. The van der Waals surface area contributed by atoms with Crippen LogP contribution in [0.4, 0.5) is 0 Å². The highest BCUT2D eigenvalue weighted by atomic mass is 16.2. The monoisotopic (exact) mass is 346 g/mol. The third-order valence-electron chi connectivity index (χ3n) is 6.97. The average Bonchev–Trinajstić information content (AvgIpc) is 3.28. The van der Waals surface area contributed by atoms with Crippen LogP contribution in [0.3, 0.4) is 0 Å². The van der Waals surface area contributed by atoms with Gasteiger partial charge in [-0.25, -0.2) is 0 Å². The number of fused-ring (bicyclic) bond motifs is 3. The van der Waals surface area contributed by atoms with Crippen LogP contribution in [0, 0.1) is 17.8 Å². The summed E-state index contributed by atoms with van der Waals surface area (Å²) in [4.78, 5) is 15.5. The number of carbonyl (C=O) groups excluding carboxylic acids is 1. The van der Waals surface area contributed by atoms with Gasteiger partial charge in [0.1, 0.15) is 0 Å². The van der Waals surface area contributed by atoms with Crippen LogP contribution in [0.5, 0.6) is 0 Å². The molecule has 5 unspecified atom stereocenters. The van der Waals surface area contributed by atoms with Crippen molar-refractivity contribution in [3.63, 3.8) is 0 Å². The quantitative estimate of drug-likeness (QED) is 0.904. The van der Waals surface area contributed by atoms with Crippen LogP contribution in [0.1, 0.15) is 41.9 Å². The summed E-state index contributed by atoms with van der Waals surface area (Å²) in [5, 5.41) is 0. The van der Waals surface area contributed by atoms with Crippen molar-refractivity contribution in [2.75, 3.05) is 6.54 Å². The maximum atomic E-state index is 13.4. The SMILES string of the molecule is NC1C2CCC(C2)C1C(=O)N1Cc2ccccc2C(c2ccccc2)C1. The Morgan fingerprint density at radius 3 is 2.46 bits per heavy atom. The number of hydrogen-bond donors (Lipinski definition) is 1. The van der Waals surface area contributed by atoms with Crippen LogP contribution in [0.25, 0.3) is 0 Å². The largest absolute Gasteiger partial charge is 0.337 e. The van der Waals surface area contributed by atoms with Crippen molar-refractivity contribution in [2.24, 2.45) is 23.5 Å². The zero-order valence-corrected chi connectivity index (χ0v) is 15.1. The van der Waals surface area contributed by atoms with E-state index in [1.807, 2.05) is 0 Å². The molecule has 1 aliphatic heterocycles. The average molecular weight is 346 g/mol. The van der Waals surface area contributed by atoms with Crippen LogP contribution in [0.2, 0.25) is 0 Å². The Kier molecular flexibility index (Phi) is 3.86. The minimum Gasteiger partial charge on any atom is -0.337 e. The number of benzene rings is 2. The molecule has 2 N–H and O–H groups in total. The van der Waals surface area contributed by atoms with Gasteiger partial charge in [-0.15, -0.1) is 0 Å². The van der Waals surface area contributed by atoms with E-state index in [0.717, 1.165) is 19.5 Å². The lowest BCUT2D eigenvalue weighted by Gasteiger charge is -2.39. The molecule has 3 aliphatic rings. The molecule has 2 aromatic carbocycles. The van der Waals surface area contributed by atoms with Crippen molar-refractivity contribution in [2.45, 2.75) is 37.8 Å². The third-order valence-corrected chi connectivity index (χ3v) is 6.97. The Morgan fingerprint density at radius 2 is 1.69 bits per heavy atom. The Labute approximate surface area is 155 Å². The first kappa shape index (κ1) is 16.1. The van der Waals surface area contributed by atoms with Gasteiger partial charge >= 0.3 is 0 Å². The van der Waals surface area contributed by atoms with Gasteiger partial charge in [0.25, 0.3) is 0 Å². The summed E-state index contributed by atoms with van der Waals surface area (Å²) in [5.74, 6) is 1.65. The summed E-state index contributed by atoms with van der Waals surface area (Å²) >= 11 is 0. The molecule has 5 rings (SSSR count). The van der Waals surface area contributed by atoms with Gasteiger partial charge in [0.05, 0.1) is 5.92 Å². The number of carbonyl (C=O) groups is 1. The normalized spacial score (nSPS) is 32.5. The van der Waals surface area contributed by atoms with Gasteiger partial charge in [-0.3, -0.25) is 4.79 Å². The first-order valence-electron chi connectivity index (χ1n) is 9.89. The molecule has 0 radical (unpaired) electrons. The van der Waals surface area contributed by atoms with Crippen molar-refractivity contribution in [1.82, 2.24) is 4.90 Å². The third kappa shape index (κ3) is 2.49. The summed E-state index contributed by atoms with van der Waals surface area (Å²) in [6, 6.07) is 19.2. The molecular formula is C23H26N2O. The van der Waals surface area contributed by atoms with Crippen LogP contribution in [0.15, 0.2) is 54.6 Å². The fourth-order valence-corrected chi connectivity index (χ4v) is 5.66.